The van der Waals surface area contributed by atoms with Crippen LogP contribution in [0.15, 0.2) is 0 Å². The Labute approximate surface area is 127 Å². The predicted octanol–water partition coefficient (Wildman–Crippen LogP) is 3.34. The molecule has 0 bridgehead atoms. The maximum Gasteiger partial charge on any atom is 0.334 e. The summed E-state index contributed by atoms with van der Waals surface area (Å²) >= 11 is 0. The van der Waals surface area contributed by atoms with Gasteiger partial charge < -0.3 is 17.8 Å². The van der Waals surface area contributed by atoms with Crippen LogP contribution >= 0.6 is 0 Å². The van der Waals surface area contributed by atoms with E-state index in [1.54, 1.807) is 14.2 Å². The van der Waals surface area contributed by atoms with Crippen LogP contribution < -0.4 is 0 Å². The van der Waals surface area contributed by atoms with E-state index in [2.05, 4.69) is 17.7 Å². The van der Waals surface area contributed by atoms with E-state index < -0.39 is 17.0 Å². The van der Waals surface area contributed by atoms with Gasteiger partial charge in [0.25, 0.3) is 8.48 Å². The first kappa shape index (κ1) is 18.3. The standard InChI is InChI=1S/C14H33NO3Si2/c1-16-19(4)13-10-12-15(19)11-8-6-7-9-14-20(5,17-2)18-3/h6-14H2,1-5H3. The molecule has 1 aliphatic heterocycles. The summed E-state index contributed by atoms with van der Waals surface area (Å²) in [6.07, 6.45) is 6.44. The van der Waals surface area contributed by atoms with Crippen molar-refractivity contribution < 1.29 is 13.3 Å². The van der Waals surface area contributed by atoms with Crippen molar-refractivity contribution in [2.75, 3.05) is 34.4 Å². The quantitative estimate of drug-likeness (QED) is 0.456. The van der Waals surface area contributed by atoms with E-state index in [1.165, 1.54) is 51.2 Å². The van der Waals surface area contributed by atoms with Gasteiger partial charge in [-0.05, 0) is 51.1 Å². The molecule has 0 aliphatic carbocycles. The second-order valence-electron chi connectivity index (χ2n) is 6.18. The highest BCUT2D eigenvalue weighted by atomic mass is 28.4. The molecule has 1 atom stereocenters. The van der Waals surface area contributed by atoms with Crippen LogP contribution in [0.25, 0.3) is 0 Å². The fraction of sp³-hybridized carbons (Fsp3) is 1.00. The van der Waals surface area contributed by atoms with Gasteiger partial charge in [-0.1, -0.05) is 19.3 Å². The first-order valence-electron chi connectivity index (χ1n) is 7.90. The third kappa shape index (κ3) is 5.23. The Balaban J connectivity index is 2.11. The molecule has 1 unspecified atom stereocenters. The first-order valence-corrected chi connectivity index (χ1v) is 13.0. The molecule has 1 heterocycles. The summed E-state index contributed by atoms with van der Waals surface area (Å²) in [5.74, 6) is 0. The van der Waals surface area contributed by atoms with E-state index in [-0.39, 0.29) is 0 Å². The van der Waals surface area contributed by atoms with Gasteiger partial charge in [0.1, 0.15) is 0 Å². The maximum absolute atomic E-state index is 5.80. The normalized spacial score (nSPS) is 24.4. The van der Waals surface area contributed by atoms with Crippen LogP contribution in [0.5, 0.6) is 0 Å². The van der Waals surface area contributed by atoms with Gasteiger partial charge in [-0.15, -0.1) is 0 Å². The molecule has 6 heteroatoms. The number of hydrogen-bond donors (Lipinski definition) is 0. The first-order chi connectivity index (χ1) is 9.49. The van der Waals surface area contributed by atoms with Gasteiger partial charge in [0.05, 0.1) is 0 Å². The molecule has 0 radical (unpaired) electrons. The van der Waals surface area contributed by atoms with Crippen LogP contribution in [0.4, 0.5) is 0 Å². The van der Waals surface area contributed by atoms with Gasteiger partial charge in [-0.2, -0.15) is 0 Å². The fourth-order valence-corrected chi connectivity index (χ4v) is 7.28. The third-order valence-electron chi connectivity index (χ3n) is 4.85. The monoisotopic (exact) mass is 319 g/mol. The van der Waals surface area contributed by atoms with E-state index in [0.29, 0.717) is 0 Å². The van der Waals surface area contributed by atoms with Crippen molar-refractivity contribution in [3.8, 4) is 0 Å². The smallest absolute Gasteiger partial charge is 0.334 e. The lowest BCUT2D eigenvalue weighted by Gasteiger charge is -2.31. The minimum atomic E-state index is -1.84. The topological polar surface area (TPSA) is 30.9 Å². The van der Waals surface area contributed by atoms with Crippen molar-refractivity contribution in [1.29, 1.82) is 0 Å². The van der Waals surface area contributed by atoms with E-state index in [9.17, 15) is 0 Å². The molecule has 1 fully saturated rings. The van der Waals surface area contributed by atoms with Crippen molar-refractivity contribution in [2.24, 2.45) is 0 Å². The van der Waals surface area contributed by atoms with Gasteiger partial charge in [-0.3, -0.25) is 0 Å². The van der Waals surface area contributed by atoms with E-state index >= 15 is 0 Å². The molecule has 1 aliphatic rings. The molecule has 20 heavy (non-hydrogen) atoms. The predicted molar refractivity (Wildman–Crippen MR) is 88.5 cm³/mol. The Morgan fingerprint density at radius 2 is 1.70 bits per heavy atom. The zero-order chi connectivity index (χ0) is 15.1. The lowest BCUT2D eigenvalue weighted by atomic mass is 10.2. The summed E-state index contributed by atoms with van der Waals surface area (Å²) in [4.78, 5) is 0. The summed E-state index contributed by atoms with van der Waals surface area (Å²) in [6, 6.07) is 2.41. The highest BCUT2D eigenvalue weighted by Crippen LogP contribution is 2.26. The number of nitrogens with zero attached hydrogens (tertiary/aromatic N) is 1. The molecule has 0 amide bonds. The van der Waals surface area contributed by atoms with Gasteiger partial charge in [0.15, 0.2) is 0 Å². The molecular formula is C14H33NO3Si2. The molecule has 0 spiro atoms. The minimum absolute atomic E-state index is 1.11. The zero-order valence-corrected chi connectivity index (χ0v) is 16.0. The van der Waals surface area contributed by atoms with Crippen molar-refractivity contribution >= 4 is 17.0 Å². The fourth-order valence-electron chi connectivity index (χ4n) is 2.96. The summed E-state index contributed by atoms with van der Waals surface area (Å²) in [5, 5.41) is 0. The Kier molecular flexibility index (Phi) is 7.93. The van der Waals surface area contributed by atoms with Crippen molar-refractivity contribution in [1.82, 2.24) is 4.57 Å². The summed E-state index contributed by atoms with van der Waals surface area (Å²) < 4.78 is 19.5. The Morgan fingerprint density at radius 1 is 1.05 bits per heavy atom. The van der Waals surface area contributed by atoms with E-state index in [4.69, 9.17) is 13.3 Å². The summed E-state index contributed by atoms with van der Waals surface area (Å²) in [6.45, 7) is 6.97. The molecule has 1 saturated heterocycles. The maximum atomic E-state index is 5.80. The highest BCUT2D eigenvalue weighted by molar-refractivity contribution is 6.70. The Morgan fingerprint density at radius 3 is 2.30 bits per heavy atom. The van der Waals surface area contributed by atoms with Crippen LogP contribution in [0.3, 0.4) is 0 Å². The Hall–Kier alpha value is 0.274. The molecule has 120 valence electrons. The van der Waals surface area contributed by atoms with Gasteiger partial charge >= 0.3 is 8.56 Å². The van der Waals surface area contributed by atoms with E-state index in [1.807, 2.05) is 7.11 Å². The second-order valence-corrected chi connectivity index (χ2v) is 13.7. The Bertz CT molecular complexity index is 277. The van der Waals surface area contributed by atoms with Crippen LogP contribution in [-0.2, 0) is 13.3 Å². The second kappa shape index (κ2) is 8.65. The van der Waals surface area contributed by atoms with Crippen LogP contribution in [0, 0.1) is 0 Å². The molecule has 0 aromatic heterocycles. The molecule has 0 N–H and O–H groups in total. The van der Waals surface area contributed by atoms with Gasteiger partial charge in [0, 0.05) is 21.3 Å². The number of rotatable bonds is 10. The third-order valence-corrected chi connectivity index (χ3v) is 11.8. The largest absolute Gasteiger partial charge is 0.406 e. The van der Waals surface area contributed by atoms with E-state index in [0.717, 1.165) is 6.04 Å². The molecule has 0 aromatic rings. The van der Waals surface area contributed by atoms with Crippen molar-refractivity contribution in [3.05, 3.63) is 0 Å². The van der Waals surface area contributed by atoms with Gasteiger partial charge in [-0.25, -0.2) is 0 Å². The lowest BCUT2D eigenvalue weighted by Crippen LogP contribution is -2.48. The number of hydrogen-bond acceptors (Lipinski definition) is 4. The molecule has 4 nitrogen and oxygen atoms in total. The molecule has 0 aromatic carbocycles. The average molecular weight is 320 g/mol. The SMILES string of the molecule is CO[Si](C)(CCCCCCN1CCC[Si]1(C)OC)OC. The lowest BCUT2D eigenvalue weighted by molar-refractivity contribution is 0.248. The summed E-state index contributed by atoms with van der Waals surface area (Å²) in [7, 11) is 2.11. The average Bonchev–Trinajstić information content (AvgIpc) is 2.84. The van der Waals surface area contributed by atoms with Gasteiger partial charge in [0.2, 0.25) is 0 Å². The van der Waals surface area contributed by atoms with Crippen LogP contribution in [-0.4, -0.2) is 56.0 Å². The number of unbranched alkanes of at least 4 members (excludes halogenated alkanes) is 3. The molecule has 0 saturated carbocycles. The summed E-state index contributed by atoms with van der Waals surface area (Å²) in [5.41, 5.74) is 0. The zero-order valence-electron chi connectivity index (χ0n) is 14.0. The van der Waals surface area contributed by atoms with Crippen LogP contribution in [0.2, 0.25) is 25.2 Å². The van der Waals surface area contributed by atoms with Crippen molar-refractivity contribution in [2.45, 2.75) is 57.3 Å². The van der Waals surface area contributed by atoms with Crippen LogP contribution in [0.1, 0.15) is 32.1 Å². The van der Waals surface area contributed by atoms with Crippen molar-refractivity contribution in [3.63, 3.8) is 0 Å². The highest BCUT2D eigenvalue weighted by Gasteiger charge is 2.39. The minimum Gasteiger partial charge on any atom is -0.406 e. The molecule has 1 rings (SSSR count). The molecular weight excluding hydrogens is 286 g/mol.